The van der Waals surface area contributed by atoms with E-state index in [-0.39, 0.29) is 0 Å². The van der Waals surface area contributed by atoms with Crippen molar-refractivity contribution in [3.05, 3.63) is 133 Å². The van der Waals surface area contributed by atoms with Crippen molar-refractivity contribution in [3.63, 3.8) is 0 Å². The third-order valence-electron chi connectivity index (χ3n) is 9.19. The van der Waals surface area contributed by atoms with Crippen molar-refractivity contribution >= 4 is 58.8 Å². The molecule has 0 aliphatic carbocycles. The average Bonchev–Trinajstić information content (AvgIpc) is 3.02. The second-order valence-corrected chi connectivity index (χ2v) is 24.4. The first kappa shape index (κ1) is 28.5. The molecule has 2 heteroatoms. The molecule has 7 rings (SSSR count). The molecule has 216 valence electrons. The van der Waals surface area contributed by atoms with Gasteiger partial charge in [-0.1, -0.05) is 183 Å². The van der Waals surface area contributed by atoms with E-state index in [4.69, 9.17) is 0 Å². The largest absolute Gasteiger partial charge is 0.0776 e. The van der Waals surface area contributed by atoms with Crippen LogP contribution in [-0.2, 0) is 0 Å². The first-order chi connectivity index (χ1) is 21.1. The van der Waals surface area contributed by atoms with Gasteiger partial charge in [0.2, 0.25) is 0 Å². The Morgan fingerprint density at radius 2 is 0.818 bits per heavy atom. The van der Waals surface area contributed by atoms with Gasteiger partial charge >= 0.3 is 0 Å². The number of benzene rings is 7. The molecule has 0 amide bonds. The zero-order valence-corrected chi connectivity index (χ0v) is 28.7. The fourth-order valence-corrected chi connectivity index (χ4v) is 9.00. The van der Waals surface area contributed by atoms with E-state index in [9.17, 15) is 0 Å². The summed E-state index contributed by atoms with van der Waals surface area (Å²) >= 11 is 0. The number of fused-ring (bicyclic) bond motifs is 3. The molecule has 0 saturated heterocycles. The molecular formula is C42H40Si2. The van der Waals surface area contributed by atoms with Crippen molar-refractivity contribution in [2.75, 3.05) is 0 Å². The first-order valence-corrected chi connectivity index (χ1v) is 22.8. The molecule has 7 aromatic rings. The van der Waals surface area contributed by atoms with E-state index < -0.39 is 16.1 Å². The van der Waals surface area contributed by atoms with Crippen LogP contribution < -0.4 is 10.4 Å². The van der Waals surface area contributed by atoms with E-state index in [1.807, 2.05) is 0 Å². The van der Waals surface area contributed by atoms with Gasteiger partial charge in [0.15, 0.2) is 0 Å². The summed E-state index contributed by atoms with van der Waals surface area (Å²) in [6.07, 6.45) is 0. The minimum Gasteiger partial charge on any atom is -0.0656 e. The highest BCUT2D eigenvalue weighted by atomic mass is 28.3. The predicted molar refractivity (Wildman–Crippen MR) is 201 cm³/mol. The molecule has 0 nitrogen and oxygen atoms in total. The summed E-state index contributed by atoms with van der Waals surface area (Å²) in [6.45, 7) is 14.7. The number of hydrogen-bond acceptors (Lipinski definition) is 0. The fourth-order valence-electron chi connectivity index (χ4n) is 6.68. The summed E-state index contributed by atoms with van der Waals surface area (Å²) in [4.78, 5) is 0. The van der Waals surface area contributed by atoms with Gasteiger partial charge in [0, 0.05) is 0 Å². The minimum absolute atomic E-state index is 1.25. The van der Waals surface area contributed by atoms with Crippen LogP contribution in [0.15, 0.2) is 133 Å². The highest BCUT2D eigenvalue weighted by Crippen LogP contribution is 2.44. The lowest BCUT2D eigenvalue weighted by Crippen LogP contribution is -2.37. The Labute approximate surface area is 264 Å². The first-order valence-electron chi connectivity index (χ1n) is 15.8. The molecule has 0 atom stereocenters. The Morgan fingerprint density at radius 3 is 1.39 bits per heavy atom. The lowest BCUT2D eigenvalue weighted by Gasteiger charge is -2.24. The molecule has 44 heavy (non-hydrogen) atoms. The summed E-state index contributed by atoms with van der Waals surface area (Å²) in [5.74, 6) is 0. The maximum atomic E-state index is 2.52. The molecule has 0 radical (unpaired) electrons. The van der Waals surface area contributed by atoms with Crippen molar-refractivity contribution in [2.24, 2.45) is 0 Å². The second kappa shape index (κ2) is 10.7. The topological polar surface area (TPSA) is 0 Å². The molecular weight excluding hydrogens is 561 g/mol. The monoisotopic (exact) mass is 600 g/mol. The second-order valence-electron chi connectivity index (χ2n) is 14.2. The summed E-state index contributed by atoms with van der Waals surface area (Å²) in [6, 6.07) is 50.3. The summed E-state index contributed by atoms with van der Waals surface area (Å²) in [5, 5.41) is 11.0. The lowest BCUT2D eigenvalue weighted by atomic mass is 9.85. The zero-order chi connectivity index (χ0) is 30.6. The van der Waals surface area contributed by atoms with Crippen LogP contribution in [0.1, 0.15) is 0 Å². The van der Waals surface area contributed by atoms with Gasteiger partial charge in [-0.05, 0) is 65.7 Å². The molecule has 0 unspecified atom stereocenters. The van der Waals surface area contributed by atoms with Gasteiger partial charge in [0.05, 0.1) is 16.1 Å². The van der Waals surface area contributed by atoms with Gasteiger partial charge in [-0.15, -0.1) is 0 Å². The normalized spacial score (nSPS) is 12.3. The van der Waals surface area contributed by atoms with E-state index in [2.05, 4.69) is 173 Å². The Kier molecular flexibility index (Phi) is 6.95. The third-order valence-corrected chi connectivity index (χ3v) is 13.3. The minimum atomic E-state index is -1.55. The molecule has 0 aliphatic heterocycles. The van der Waals surface area contributed by atoms with Gasteiger partial charge in [-0.3, -0.25) is 0 Å². The molecule has 0 spiro atoms. The van der Waals surface area contributed by atoms with Crippen molar-refractivity contribution in [2.45, 2.75) is 39.3 Å². The van der Waals surface area contributed by atoms with Gasteiger partial charge < -0.3 is 0 Å². The standard InChI is InChI=1S/C42H40Si2/c1-43(2,3)33-24-26-38-39(27-33)41(31-14-8-7-9-15-31)37-25-23-34(44(4,5)6)28-40(37)42(38)32-21-19-30(20-22-32)36-18-12-16-29-13-10-11-17-35(29)36/h7-28H,1-6H3. The molecule has 0 heterocycles. The highest BCUT2D eigenvalue weighted by Gasteiger charge is 2.23. The van der Waals surface area contributed by atoms with Crippen molar-refractivity contribution in [3.8, 4) is 33.4 Å². The maximum Gasteiger partial charge on any atom is 0.0776 e. The highest BCUT2D eigenvalue weighted by molar-refractivity contribution is 6.89. The van der Waals surface area contributed by atoms with Gasteiger partial charge in [-0.2, -0.15) is 0 Å². The van der Waals surface area contributed by atoms with Crippen LogP contribution in [0.4, 0.5) is 0 Å². The van der Waals surface area contributed by atoms with Crippen LogP contribution in [0, 0.1) is 0 Å². The molecule has 0 aromatic heterocycles. The van der Waals surface area contributed by atoms with Crippen LogP contribution in [0.5, 0.6) is 0 Å². The van der Waals surface area contributed by atoms with Crippen LogP contribution in [-0.4, -0.2) is 16.1 Å². The Bertz CT molecular complexity index is 2160. The Morgan fingerprint density at radius 1 is 0.341 bits per heavy atom. The third kappa shape index (κ3) is 5.02. The molecule has 0 saturated carbocycles. The average molecular weight is 601 g/mol. The molecule has 0 fully saturated rings. The van der Waals surface area contributed by atoms with Gasteiger partial charge in [0.25, 0.3) is 0 Å². The molecule has 7 aromatic carbocycles. The quantitative estimate of drug-likeness (QED) is 0.136. The van der Waals surface area contributed by atoms with Gasteiger partial charge in [0.1, 0.15) is 0 Å². The van der Waals surface area contributed by atoms with E-state index in [0.29, 0.717) is 0 Å². The molecule has 0 bridgehead atoms. The maximum absolute atomic E-state index is 2.52. The SMILES string of the molecule is C[Si](C)(C)c1ccc2c(-c3ccc(-c4cccc5ccccc45)cc3)c3cc([Si](C)(C)C)ccc3c(-c3ccccc3)c2c1. The van der Waals surface area contributed by atoms with Crippen molar-refractivity contribution in [1.82, 2.24) is 0 Å². The number of rotatable bonds is 5. The smallest absolute Gasteiger partial charge is 0.0656 e. The van der Waals surface area contributed by atoms with Gasteiger partial charge in [-0.25, -0.2) is 0 Å². The van der Waals surface area contributed by atoms with E-state index in [0.717, 1.165) is 0 Å². The zero-order valence-electron chi connectivity index (χ0n) is 26.7. The molecule has 0 aliphatic rings. The molecule has 0 N–H and O–H groups in total. The van der Waals surface area contributed by atoms with Crippen molar-refractivity contribution < 1.29 is 0 Å². The summed E-state index contributed by atoms with van der Waals surface area (Å²) in [5.41, 5.74) is 7.80. The van der Waals surface area contributed by atoms with E-state index in [1.165, 1.54) is 76.1 Å². The van der Waals surface area contributed by atoms with Crippen LogP contribution in [0.3, 0.4) is 0 Å². The van der Waals surface area contributed by atoms with Crippen LogP contribution in [0.2, 0.25) is 39.3 Å². The Balaban J connectivity index is 1.55. The summed E-state index contributed by atoms with van der Waals surface area (Å²) < 4.78 is 0. The van der Waals surface area contributed by atoms with E-state index in [1.54, 1.807) is 0 Å². The lowest BCUT2D eigenvalue weighted by molar-refractivity contribution is 1.63. The van der Waals surface area contributed by atoms with Crippen LogP contribution >= 0.6 is 0 Å². The summed E-state index contributed by atoms with van der Waals surface area (Å²) in [7, 11) is -3.08. The Hall–Kier alpha value is -4.25. The van der Waals surface area contributed by atoms with Crippen molar-refractivity contribution in [1.29, 1.82) is 0 Å². The number of hydrogen-bond donors (Lipinski definition) is 0. The predicted octanol–water partition coefficient (Wildman–Crippen LogP) is 11.2. The fraction of sp³-hybridized carbons (Fsp3) is 0.143. The van der Waals surface area contributed by atoms with Crippen LogP contribution in [0.25, 0.3) is 65.7 Å². The van der Waals surface area contributed by atoms with E-state index >= 15 is 0 Å².